The Balaban J connectivity index is 1.92. The van der Waals surface area contributed by atoms with Crippen LogP contribution in [0.3, 0.4) is 0 Å². The van der Waals surface area contributed by atoms with Crippen molar-refractivity contribution >= 4 is 11.8 Å². The van der Waals surface area contributed by atoms with Crippen molar-refractivity contribution in [3.63, 3.8) is 0 Å². The van der Waals surface area contributed by atoms with Crippen LogP contribution in [0.1, 0.15) is 24.8 Å². The first-order valence-corrected chi connectivity index (χ1v) is 8.43. The van der Waals surface area contributed by atoms with Gasteiger partial charge < -0.3 is 4.90 Å². The molecule has 1 aliphatic heterocycles. The molecule has 0 bridgehead atoms. The lowest BCUT2D eigenvalue weighted by atomic mass is 10.1. The summed E-state index contributed by atoms with van der Waals surface area (Å²) in [5.74, 6) is 0. The summed E-state index contributed by atoms with van der Waals surface area (Å²) < 4.78 is 0. The van der Waals surface area contributed by atoms with Crippen molar-refractivity contribution in [2.24, 2.45) is 0 Å². The van der Waals surface area contributed by atoms with Crippen LogP contribution in [0, 0.1) is 0 Å². The van der Waals surface area contributed by atoms with Gasteiger partial charge >= 0.3 is 0 Å². The molecule has 1 fully saturated rings. The first-order chi connectivity index (χ1) is 9.19. The Labute approximate surface area is 122 Å². The topological polar surface area (TPSA) is 6.48 Å². The summed E-state index contributed by atoms with van der Waals surface area (Å²) in [4.78, 5) is 6.37. The molecule has 106 valence electrons. The molecule has 1 atom stereocenters. The molecule has 2 rings (SSSR count). The summed E-state index contributed by atoms with van der Waals surface area (Å²) >= 11 is 1.83. The number of likely N-dealkylation sites (tertiary alicyclic amines) is 1. The van der Waals surface area contributed by atoms with Gasteiger partial charge in [-0.05, 0) is 70.4 Å². The Morgan fingerprint density at radius 1 is 1.26 bits per heavy atom. The lowest BCUT2D eigenvalue weighted by Crippen LogP contribution is -2.29. The van der Waals surface area contributed by atoms with Gasteiger partial charge in [0.1, 0.15) is 0 Å². The SMILES string of the molecule is CSc1cccc(CN2CCC[C@H](N(C)C)CC2)c1. The van der Waals surface area contributed by atoms with Crippen LogP contribution in [0.4, 0.5) is 0 Å². The van der Waals surface area contributed by atoms with Crippen molar-refractivity contribution in [3.8, 4) is 0 Å². The minimum absolute atomic E-state index is 0.766. The largest absolute Gasteiger partial charge is 0.306 e. The maximum atomic E-state index is 2.61. The van der Waals surface area contributed by atoms with E-state index in [4.69, 9.17) is 0 Å². The Hall–Kier alpha value is -0.510. The minimum atomic E-state index is 0.766. The van der Waals surface area contributed by atoms with Gasteiger partial charge in [0.05, 0.1) is 0 Å². The second-order valence-corrected chi connectivity index (χ2v) is 6.56. The third-order valence-corrected chi connectivity index (χ3v) is 4.79. The average Bonchev–Trinajstić information content (AvgIpc) is 2.65. The standard InChI is InChI=1S/C16H26N2S/c1-17(2)15-7-5-10-18(11-9-15)13-14-6-4-8-16(12-14)19-3/h4,6,8,12,15H,5,7,9-11,13H2,1-3H3/t15-/m0/s1. The van der Waals surface area contributed by atoms with Crippen molar-refractivity contribution in [3.05, 3.63) is 29.8 Å². The fourth-order valence-electron chi connectivity index (χ4n) is 2.84. The van der Waals surface area contributed by atoms with Crippen LogP contribution in [0.25, 0.3) is 0 Å². The molecule has 0 radical (unpaired) electrons. The lowest BCUT2D eigenvalue weighted by molar-refractivity contribution is 0.245. The van der Waals surface area contributed by atoms with E-state index in [1.807, 2.05) is 11.8 Å². The minimum Gasteiger partial charge on any atom is -0.306 e. The third kappa shape index (κ3) is 4.51. The predicted molar refractivity (Wildman–Crippen MR) is 84.8 cm³/mol. The van der Waals surface area contributed by atoms with Gasteiger partial charge in [0.15, 0.2) is 0 Å². The van der Waals surface area contributed by atoms with Crippen molar-refractivity contribution in [1.82, 2.24) is 9.80 Å². The van der Waals surface area contributed by atoms with Crippen molar-refractivity contribution in [1.29, 1.82) is 0 Å². The summed E-state index contributed by atoms with van der Waals surface area (Å²) in [6.45, 7) is 3.58. The Morgan fingerprint density at radius 3 is 2.84 bits per heavy atom. The third-order valence-electron chi connectivity index (χ3n) is 4.06. The number of thioether (sulfide) groups is 1. The summed E-state index contributed by atoms with van der Waals surface area (Å²) in [6.07, 6.45) is 6.11. The van der Waals surface area contributed by atoms with E-state index in [0.717, 1.165) is 12.6 Å². The van der Waals surface area contributed by atoms with E-state index in [1.54, 1.807) is 0 Å². The second-order valence-electron chi connectivity index (χ2n) is 5.68. The van der Waals surface area contributed by atoms with Gasteiger partial charge in [0, 0.05) is 17.5 Å². The van der Waals surface area contributed by atoms with Crippen LogP contribution < -0.4 is 0 Å². The highest BCUT2D eigenvalue weighted by Crippen LogP contribution is 2.19. The van der Waals surface area contributed by atoms with Crippen LogP contribution in [-0.4, -0.2) is 49.3 Å². The first-order valence-electron chi connectivity index (χ1n) is 7.21. The van der Waals surface area contributed by atoms with Crippen LogP contribution in [0.5, 0.6) is 0 Å². The van der Waals surface area contributed by atoms with Gasteiger partial charge in [-0.2, -0.15) is 0 Å². The first kappa shape index (κ1) is 14.9. The molecule has 0 amide bonds. The molecule has 1 aromatic rings. The molecule has 0 unspecified atom stereocenters. The summed E-state index contributed by atoms with van der Waals surface area (Å²) in [5, 5.41) is 0. The quantitative estimate of drug-likeness (QED) is 0.780. The zero-order valence-electron chi connectivity index (χ0n) is 12.4. The summed E-state index contributed by atoms with van der Waals surface area (Å²) in [5.41, 5.74) is 1.45. The van der Waals surface area contributed by atoms with Crippen LogP contribution in [0.2, 0.25) is 0 Å². The van der Waals surface area contributed by atoms with Gasteiger partial charge in [-0.3, -0.25) is 4.90 Å². The molecule has 19 heavy (non-hydrogen) atoms. The van der Waals surface area contributed by atoms with E-state index in [2.05, 4.69) is 54.4 Å². The number of nitrogens with zero attached hydrogens (tertiary/aromatic N) is 2. The normalized spacial score (nSPS) is 21.6. The van der Waals surface area contributed by atoms with Crippen molar-refractivity contribution in [2.75, 3.05) is 33.4 Å². The molecule has 1 heterocycles. The number of benzene rings is 1. The number of rotatable bonds is 4. The highest BCUT2D eigenvalue weighted by atomic mass is 32.2. The highest BCUT2D eigenvalue weighted by Gasteiger charge is 2.18. The van der Waals surface area contributed by atoms with Gasteiger partial charge in [-0.1, -0.05) is 12.1 Å². The zero-order chi connectivity index (χ0) is 13.7. The average molecular weight is 278 g/mol. The van der Waals surface area contributed by atoms with Crippen molar-refractivity contribution in [2.45, 2.75) is 36.7 Å². The monoisotopic (exact) mass is 278 g/mol. The second kappa shape index (κ2) is 7.32. The van der Waals surface area contributed by atoms with E-state index in [9.17, 15) is 0 Å². The molecule has 2 nitrogen and oxygen atoms in total. The molecule has 0 spiro atoms. The Kier molecular flexibility index (Phi) is 5.74. The maximum absolute atomic E-state index is 2.61. The molecule has 1 aliphatic rings. The van der Waals surface area contributed by atoms with E-state index in [0.29, 0.717) is 0 Å². The van der Waals surface area contributed by atoms with Gasteiger partial charge in [-0.25, -0.2) is 0 Å². The van der Waals surface area contributed by atoms with Crippen LogP contribution in [0.15, 0.2) is 29.2 Å². The number of hydrogen-bond acceptors (Lipinski definition) is 3. The molecular weight excluding hydrogens is 252 g/mol. The lowest BCUT2D eigenvalue weighted by Gasteiger charge is -2.23. The molecule has 0 saturated carbocycles. The smallest absolute Gasteiger partial charge is 0.0234 e. The van der Waals surface area contributed by atoms with E-state index < -0.39 is 0 Å². The molecular formula is C16H26N2S. The number of hydrogen-bond donors (Lipinski definition) is 0. The van der Waals surface area contributed by atoms with E-state index in [1.165, 1.54) is 42.8 Å². The van der Waals surface area contributed by atoms with Crippen molar-refractivity contribution < 1.29 is 0 Å². The van der Waals surface area contributed by atoms with E-state index >= 15 is 0 Å². The predicted octanol–water partition coefficient (Wildman–Crippen LogP) is 3.32. The summed E-state index contributed by atoms with van der Waals surface area (Å²) in [6, 6.07) is 9.73. The molecule has 0 aromatic heterocycles. The Bertz CT molecular complexity index is 392. The zero-order valence-corrected chi connectivity index (χ0v) is 13.2. The highest BCUT2D eigenvalue weighted by molar-refractivity contribution is 7.98. The van der Waals surface area contributed by atoms with Gasteiger partial charge in [0.2, 0.25) is 0 Å². The molecule has 1 saturated heterocycles. The molecule has 0 aliphatic carbocycles. The summed E-state index contributed by atoms with van der Waals surface area (Å²) in [7, 11) is 4.42. The Morgan fingerprint density at radius 2 is 2.11 bits per heavy atom. The van der Waals surface area contributed by atoms with Gasteiger partial charge in [0.25, 0.3) is 0 Å². The van der Waals surface area contributed by atoms with Crippen LogP contribution >= 0.6 is 11.8 Å². The van der Waals surface area contributed by atoms with Gasteiger partial charge in [-0.15, -0.1) is 11.8 Å². The molecule has 1 aromatic carbocycles. The van der Waals surface area contributed by atoms with E-state index in [-0.39, 0.29) is 0 Å². The fourth-order valence-corrected chi connectivity index (χ4v) is 3.33. The molecule has 0 N–H and O–H groups in total. The molecule has 3 heteroatoms. The van der Waals surface area contributed by atoms with Crippen LogP contribution in [-0.2, 0) is 6.54 Å². The maximum Gasteiger partial charge on any atom is 0.0234 e. The fraction of sp³-hybridized carbons (Fsp3) is 0.625.